The zero-order valence-corrected chi connectivity index (χ0v) is 29.2. The lowest BCUT2D eigenvalue weighted by molar-refractivity contribution is 1.07. The van der Waals surface area contributed by atoms with Crippen molar-refractivity contribution in [1.82, 2.24) is 24.9 Å². The average Bonchev–Trinajstić information content (AvgIpc) is 3.60. The van der Waals surface area contributed by atoms with Crippen LogP contribution in [0.2, 0.25) is 0 Å². The molecule has 0 saturated heterocycles. The van der Waals surface area contributed by atoms with Crippen molar-refractivity contribution in [2.24, 2.45) is 0 Å². The van der Waals surface area contributed by atoms with Gasteiger partial charge in [-0.05, 0) is 57.6 Å². The molecule has 0 atom stereocenters. The lowest BCUT2D eigenvalue weighted by Crippen LogP contribution is -2.00. The van der Waals surface area contributed by atoms with Crippen LogP contribution in [0.5, 0.6) is 0 Å². The van der Waals surface area contributed by atoms with Crippen molar-refractivity contribution in [3.8, 4) is 67.5 Å². The summed E-state index contributed by atoms with van der Waals surface area (Å²) >= 11 is 1.69. The zero-order valence-electron chi connectivity index (χ0n) is 28.4. The molecule has 0 fully saturated rings. The second kappa shape index (κ2) is 13.0. The van der Waals surface area contributed by atoms with E-state index in [4.69, 9.17) is 24.9 Å². The lowest BCUT2D eigenvalue weighted by atomic mass is 9.98. The van der Waals surface area contributed by atoms with Crippen LogP contribution in [0, 0.1) is 0 Å². The van der Waals surface area contributed by atoms with Gasteiger partial charge in [0.25, 0.3) is 0 Å². The van der Waals surface area contributed by atoms with Gasteiger partial charge in [-0.2, -0.15) is 0 Å². The van der Waals surface area contributed by atoms with Crippen LogP contribution < -0.4 is 0 Å². The fourth-order valence-corrected chi connectivity index (χ4v) is 7.87. The summed E-state index contributed by atoms with van der Waals surface area (Å²) in [6.45, 7) is 0. The molecule has 53 heavy (non-hydrogen) atoms. The lowest BCUT2D eigenvalue weighted by Gasteiger charge is -2.10. The van der Waals surface area contributed by atoms with Gasteiger partial charge in [-0.3, -0.25) is 0 Å². The van der Waals surface area contributed by atoms with Gasteiger partial charge in [-0.25, -0.2) is 24.9 Å². The van der Waals surface area contributed by atoms with E-state index < -0.39 is 0 Å². The Bertz CT molecular complexity index is 2920. The summed E-state index contributed by atoms with van der Waals surface area (Å²) in [6.07, 6.45) is 0. The zero-order chi connectivity index (χ0) is 35.1. The highest BCUT2D eigenvalue weighted by Crippen LogP contribution is 2.36. The number of nitrogens with zero attached hydrogens (tertiary/aromatic N) is 5. The second-order valence-electron chi connectivity index (χ2n) is 13.0. The van der Waals surface area contributed by atoms with Crippen LogP contribution in [0.1, 0.15) is 0 Å². The molecule has 0 radical (unpaired) electrons. The van der Waals surface area contributed by atoms with E-state index >= 15 is 0 Å². The number of hydrogen-bond donors (Lipinski definition) is 0. The Balaban J connectivity index is 0.977. The first-order valence-electron chi connectivity index (χ1n) is 17.5. The normalized spacial score (nSPS) is 11.4. The van der Waals surface area contributed by atoms with Crippen molar-refractivity contribution >= 4 is 42.8 Å². The Hall–Kier alpha value is -6.89. The van der Waals surface area contributed by atoms with Crippen LogP contribution in [0.15, 0.2) is 176 Å². The van der Waals surface area contributed by atoms with Crippen LogP contribution in [0.4, 0.5) is 0 Å². The fourth-order valence-electron chi connectivity index (χ4n) is 6.80. The summed E-state index contributed by atoms with van der Waals surface area (Å²) in [6, 6.07) is 60.7. The number of fused-ring (bicyclic) bond motifs is 4. The van der Waals surface area contributed by atoms with Gasteiger partial charge in [-0.15, -0.1) is 11.3 Å². The third-order valence-electron chi connectivity index (χ3n) is 9.57. The third-order valence-corrected chi connectivity index (χ3v) is 10.6. The van der Waals surface area contributed by atoms with Gasteiger partial charge < -0.3 is 0 Å². The number of benzene rings is 7. The van der Waals surface area contributed by atoms with E-state index in [1.165, 1.54) is 10.3 Å². The van der Waals surface area contributed by atoms with Gasteiger partial charge in [-0.1, -0.05) is 152 Å². The Morgan fingerprint density at radius 3 is 1.40 bits per heavy atom. The fraction of sp³-hybridized carbons (Fsp3) is 0. The van der Waals surface area contributed by atoms with Crippen LogP contribution in [-0.2, 0) is 0 Å². The van der Waals surface area contributed by atoms with Crippen LogP contribution in [0.3, 0.4) is 0 Å². The molecule has 10 rings (SSSR count). The van der Waals surface area contributed by atoms with Crippen LogP contribution >= 0.6 is 11.3 Å². The molecule has 0 amide bonds. The van der Waals surface area contributed by atoms with Crippen molar-refractivity contribution in [2.75, 3.05) is 0 Å². The van der Waals surface area contributed by atoms with E-state index in [0.717, 1.165) is 71.3 Å². The first kappa shape index (κ1) is 30.9. The number of rotatable bonds is 6. The Kier molecular flexibility index (Phi) is 7.59. The van der Waals surface area contributed by atoms with Gasteiger partial charge in [0.15, 0.2) is 17.5 Å². The quantitative estimate of drug-likeness (QED) is 0.173. The van der Waals surface area contributed by atoms with Gasteiger partial charge >= 0.3 is 0 Å². The summed E-state index contributed by atoms with van der Waals surface area (Å²) in [5.74, 6) is 1.91. The molecule has 0 bridgehead atoms. The summed E-state index contributed by atoms with van der Waals surface area (Å²) in [5, 5.41) is 1.14. The largest absolute Gasteiger partial charge is 0.243 e. The van der Waals surface area contributed by atoms with Crippen molar-refractivity contribution in [3.05, 3.63) is 176 Å². The smallest absolute Gasteiger partial charge is 0.164 e. The van der Waals surface area contributed by atoms with E-state index in [0.29, 0.717) is 17.5 Å². The minimum Gasteiger partial charge on any atom is -0.243 e. The minimum atomic E-state index is 0.632. The highest BCUT2D eigenvalue weighted by Gasteiger charge is 2.14. The molecule has 3 heterocycles. The summed E-state index contributed by atoms with van der Waals surface area (Å²) in [7, 11) is 0. The molecule has 0 N–H and O–H groups in total. The van der Waals surface area contributed by atoms with Gasteiger partial charge in [0.2, 0.25) is 0 Å². The molecule has 5 nitrogen and oxygen atoms in total. The first-order chi connectivity index (χ1) is 26.2. The van der Waals surface area contributed by atoms with Crippen LogP contribution in [0.25, 0.3) is 99.0 Å². The van der Waals surface area contributed by atoms with Gasteiger partial charge in [0.1, 0.15) is 10.3 Å². The maximum atomic E-state index is 5.02. The number of aromatic nitrogens is 5. The standard InChI is InChI=1S/C47H29N5S/c1-3-10-30(11-4-1)31-22-24-35(25-23-31)45-50-44(34-12-5-2-6-13-34)51-46(52-45)38-15-9-14-36(28-38)32-18-20-33(21-19-32)37-26-27-39-42(29-37)53-47-43(39)48-40-16-7-8-17-41(40)49-47/h1-29H. The number of thiophene rings is 1. The molecule has 7 aromatic carbocycles. The molecular formula is C47H29N5S. The molecule has 10 aromatic rings. The predicted molar refractivity (Wildman–Crippen MR) is 218 cm³/mol. The van der Waals surface area contributed by atoms with Gasteiger partial charge in [0, 0.05) is 26.8 Å². The molecule has 0 saturated carbocycles. The summed E-state index contributed by atoms with van der Waals surface area (Å²) in [5.41, 5.74) is 12.5. The van der Waals surface area contributed by atoms with E-state index in [-0.39, 0.29) is 0 Å². The Labute approximate surface area is 310 Å². The van der Waals surface area contributed by atoms with E-state index in [9.17, 15) is 0 Å². The molecule has 0 unspecified atom stereocenters. The Morgan fingerprint density at radius 2 is 0.736 bits per heavy atom. The highest BCUT2D eigenvalue weighted by molar-refractivity contribution is 7.25. The predicted octanol–water partition coefficient (Wildman–Crippen LogP) is 12.2. The second-order valence-corrected chi connectivity index (χ2v) is 14.0. The highest BCUT2D eigenvalue weighted by atomic mass is 32.1. The minimum absolute atomic E-state index is 0.632. The maximum Gasteiger partial charge on any atom is 0.164 e. The van der Waals surface area contributed by atoms with E-state index in [1.54, 1.807) is 11.3 Å². The number of hydrogen-bond acceptors (Lipinski definition) is 6. The molecule has 6 heteroatoms. The molecule has 0 aliphatic heterocycles. The van der Waals surface area contributed by atoms with Crippen molar-refractivity contribution < 1.29 is 0 Å². The SMILES string of the molecule is c1ccc(-c2ccc(-c3nc(-c4ccccc4)nc(-c4cccc(-c5ccc(-c6ccc7c(c6)sc6nc8ccccc8nc67)cc5)c4)n3)cc2)cc1. The van der Waals surface area contributed by atoms with Crippen LogP contribution in [-0.4, -0.2) is 24.9 Å². The summed E-state index contributed by atoms with van der Waals surface area (Å²) in [4.78, 5) is 25.7. The first-order valence-corrected chi connectivity index (χ1v) is 18.3. The average molecular weight is 696 g/mol. The van der Waals surface area contributed by atoms with E-state index in [2.05, 4.69) is 115 Å². The molecule has 0 spiro atoms. The molecule has 0 aliphatic carbocycles. The molecule has 0 aliphatic rings. The maximum absolute atomic E-state index is 5.02. The summed E-state index contributed by atoms with van der Waals surface area (Å²) < 4.78 is 1.18. The van der Waals surface area contributed by atoms with Crippen molar-refractivity contribution in [3.63, 3.8) is 0 Å². The van der Waals surface area contributed by atoms with Crippen molar-refractivity contribution in [1.29, 1.82) is 0 Å². The molecule has 3 aromatic heterocycles. The van der Waals surface area contributed by atoms with Gasteiger partial charge in [0.05, 0.1) is 11.0 Å². The third kappa shape index (κ3) is 5.91. The molecular weight excluding hydrogens is 667 g/mol. The topological polar surface area (TPSA) is 64.5 Å². The number of para-hydroxylation sites is 2. The van der Waals surface area contributed by atoms with E-state index in [1.807, 2.05) is 60.7 Å². The van der Waals surface area contributed by atoms with Crippen molar-refractivity contribution in [2.45, 2.75) is 0 Å². The Morgan fingerprint density at radius 1 is 0.302 bits per heavy atom. The monoisotopic (exact) mass is 695 g/mol. The molecule has 248 valence electrons.